The van der Waals surface area contributed by atoms with E-state index in [0.29, 0.717) is 16.9 Å². The standard InChI is InChI=1S/C14H14IN3O3/c1-8-11(12(14(20)21-3)18(2)17-8)16-13(19)9-4-6-10(15)7-5-9/h4-7H,1-3H3,(H,16,19). The summed E-state index contributed by atoms with van der Waals surface area (Å²) in [5.41, 5.74) is 1.65. The lowest BCUT2D eigenvalue weighted by atomic mass is 10.2. The molecule has 0 radical (unpaired) electrons. The van der Waals surface area contributed by atoms with Gasteiger partial charge in [0.2, 0.25) is 0 Å². The molecule has 6 nitrogen and oxygen atoms in total. The number of benzene rings is 1. The molecule has 2 rings (SSSR count). The Bertz CT molecular complexity index is 692. The van der Waals surface area contributed by atoms with Gasteiger partial charge in [0.15, 0.2) is 5.69 Å². The predicted molar refractivity (Wildman–Crippen MR) is 86.4 cm³/mol. The molecular weight excluding hydrogens is 385 g/mol. The van der Waals surface area contributed by atoms with Crippen LogP contribution in [0.4, 0.5) is 5.69 Å². The van der Waals surface area contributed by atoms with Gasteiger partial charge >= 0.3 is 5.97 Å². The van der Waals surface area contributed by atoms with E-state index < -0.39 is 5.97 Å². The Morgan fingerprint density at radius 3 is 2.48 bits per heavy atom. The Balaban J connectivity index is 2.33. The average Bonchev–Trinajstić information content (AvgIpc) is 2.73. The maximum absolute atomic E-state index is 12.2. The Kier molecular flexibility index (Phi) is 4.61. The van der Waals surface area contributed by atoms with E-state index in [1.165, 1.54) is 11.8 Å². The quantitative estimate of drug-likeness (QED) is 0.636. The van der Waals surface area contributed by atoms with Crippen molar-refractivity contribution >= 4 is 40.2 Å². The number of carbonyl (C=O) groups is 2. The van der Waals surface area contributed by atoms with Crippen molar-refractivity contribution in [1.29, 1.82) is 0 Å². The van der Waals surface area contributed by atoms with Crippen molar-refractivity contribution in [1.82, 2.24) is 9.78 Å². The summed E-state index contributed by atoms with van der Waals surface area (Å²) in [6.45, 7) is 1.72. The highest BCUT2D eigenvalue weighted by molar-refractivity contribution is 14.1. The summed E-state index contributed by atoms with van der Waals surface area (Å²) in [5, 5.41) is 6.87. The van der Waals surface area contributed by atoms with Gasteiger partial charge in [0.05, 0.1) is 18.5 Å². The highest BCUT2D eigenvalue weighted by Gasteiger charge is 2.22. The molecule has 1 aromatic heterocycles. The van der Waals surface area contributed by atoms with Gasteiger partial charge in [-0.05, 0) is 53.8 Å². The number of ether oxygens (including phenoxy) is 1. The minimum atomic E-state index is -0.545. The van der Waals surface area contributed by atoms with Crippen molar-refractivity contribution in [2.45, 2.75) is 6.92 Å². The number of esters is 1. The molecule has 1 heterocycles. The first kappa shape index (κ1) is 15.5. The van der Waals surface area contributed by atoms with Crippen LogP contribution in [0.2, 0.25) is 0 Å². The van der Waals surface area contributed by atoms with Crippen LogP contribution in [0.1, 0.15) is 26.5 Å². The van der Waals surface area contributed by atoms with Crippen molar-refractivity contribution in [3.63, 3.8) is 0 Å². The molecule has 0 aliphatic heterocycles. The van der Waals surface area contributed by atoms with E-state index in [1.54, 1.807) is 26.1 Å². The van der Waals surface area contributed by atoms with Crippen LogP contribution in [0.3, 0.4) is 0 Å². The van der Waals surface area contributed by atoms with E-state index in [1.807, 2.05) is 12.1 Å². The normalized spacial score (nSPS) is 10.3. The second-order valence-corrected chi connectivity index (χ2v) is 5.63. The summed E-state index contributed by atoms with van der Waals surface area (Å²) in [5.74, 6) is -0.844. The Morgan fingerprint density at radius 1 is 1.29 bits per heavy atom. The molecule has 0 bridgehead atoms. The Labute approximate surface area is 135 Å². The molecule has 21 heavy (non-hydrogen) atoms. The fourth-order valence-corrected chi connectivity index (χ4v) is 2.29. The fraction of sp³-hybridized carbons (Fsp3) is 0.214. The summed E-state index contributed by atoms with van der Waals surface area (Å²) in [6, 6.07) is 7.13. The molecule has 0 saturated heterocycles. The molecule has 1 amide bonds. The number of nitrogens with zero attached hydrogens (tertiary/aromatic N) is 2. The SMILES string of the molecule is COC(=O)c1c(NC(=O)c2ccc(I)cc2)c(C)nn1C. The monoisotopic (exact) mass is 399 g/mol. The highest BCUT2D eigenvalue weighted by atomic mass is 127. The number of rotatable bonds is 3. The zero-order chi connectivity index (χ0) is 15.6. The number of aryl methyl sites for hydroxylation is 2. The van der Waals surface area contributed by atoms with Gasteiger partial charge in [-0.1, -0.05) is 0 Å². The topological polar surface area (TPSA) is 73.2 Å². The van der Waals surface area contributed by atoms with Gasteiger partial charge in [0.1, 0.15) is 0 Å². The van der Waals surface area contributed by atoms with E-state index in [-0.39, 0.29) is 11.6 Å². The van der Waals surface area contributed by atoms with Gasteiger partial charge in [-0.15, -0.1) is 0 Å². The zero-order valence-corrected chi connectivity index (χ0v) is 14.0. The molecule has 7 heteroatoms. The lowest BCUT2D eigenvalue weighted by Crippen LogP contribution is -2.16. The van der Waals surface area contributed by atoms with Crippen molar-refractivity contribution in [3.05, 3.63) is 44.8 Å². The third kappa shape index (κ3) is 3.23. The van der Waals surface area contributed by atoms with E-state index in [2.05, 4.69) is 33.0 Å². The van der Waals surface area contributed by atoms with Crippen molar-refractivity contribution in [2.24, 2.45) is 7.05 Å². The van der Waals surface area contributed by atoms with Crippen LogP contribution in [0.5, 0.6) is 0 Å². The molecule has 0 aliphatic rings. The summed E-state index contributed by atoms with van der Waals surface area (Å²) in [6.07, 6.45) is 0. The third-order valence-corrected chi connectivity index (χ3v) is 3.67. The number of nitrogens with one attached hydrogen (secondary N) is 1. The molecule has 110 valence electrons. The first-order chi connectivity index (χ1) is 9.93. The number of aromatic nitrogens is 2. The van der Waals surface area contributed by atoms with Crippen LogP contribution in [0, 0.1) is 10.5 Å². The molecule has 0 aliphatic carbocycles. The lowest BCUT2D eigenvalue weighted by Gasteiger charge is -2.07. The van der Waals surface area contributed by atoms with Gasteiger partial charge in [-0.2, -0.15) is 5.10 Å². The third-order valence-electron chi connectivity index (χ3n) is 2.95. The number of hydrogen-bond donors (Lipinski definition) is 1. The zero-order valence-electron chi connectivity index (χ0n) is 11.8. The molecule has 0 unspecified atom stereocenters. The number of amides is 1. The maximum Gasteiger partial charge on any atom is 0.358 e. The van der Waals surface area contributed by atoms with Crippen LogP contribution >= 0.6 is 22.6 Å². The van der Waals surface area contributed by atoms with E-state index in [9.17, 15) is 9.59 Å². The number of hydrogen-bond acceptors (Lipinski definition) is 4. The largest absolute Gasteiger partial charge is 0.464 e. The van der Waals surface area contributed by atoms with Crippen LogP contribution in [0.25, 0.3) is 0 Å². The average molecular weight is 399 g/mol. The van der Waals surface area contributed by atoms with Crippen molar-refractivity contribution in [2.75, 3.05) is 12.4 Å². The van der Waals surface area contributed by atoms with Crippen molar-refractivity contribution < 1.29 is 14.3 Å². The lowest BCUT2D eigenvalue weighted by molar-refractivity contribution is 0.0589. The van der Waals surface area contributed by atoms with Crippen LogP contribution in [0.15, 0.2) is 24.3 Å². The number of carbonyl (C=O) groups excluding carboxylic acids is 2. The second-order valence-electron chi connectivity index (χ2n) is 4.39. The van der Waals surface area contributed by atoms with E-state index in [0.717, 1.165) is 3.57 Å². The Morgan fingerprint density at radius 2 is 1.90 bits per heavy atom. The smallest absolute Gasteiger partial charge is 0.358 e. The first-order valence-corrected chi connectivity index (χ1v) is 7.20. The van der Waals surface area contributed by atoms with Gasteiger partial charge in [-0.3, -0.25) is 9.48 Å². The fourth-order valence-electron chi connectivity index (χ4n) is 1.93. The molecule has 0 atom stereocenters. The van der Waals surface area contributed by atoms with Crippen LogP contribution < -0.4 is 5.32 Å². The molecule has 2 aromatic rings. The number of methoxy groups -OCH3 is 1. The molecule has 0 fully saturated rings. The second kappa shape index (κ2) is 6.25. The van der Waals surface area contributed by atoms with Crippen LogP contribution in [-0.2, 0) is 11.8 Å². The number of halogens is 1. The predicted octanol–water partition coefficient (Wildman–Crippen LogP) is 2.37. The molecule has 1 aromatic carbocycles. The minimum absolute atomic E-state index is 0.217. The molecule has 0 spiro atoms. The van der Waals surface area contributed by atoms with Crippen molar-refractivity contribution in [3.8, 4) is 0 Å². The molecule has 1 N–H and O–H groups in total. The summed E-state index contributed by atoms with van der Waals surface area (Å²) in [7, 11) is 2.91. The van der Waals surface area contributed by atoms with E-state index >= 15 is 0 Å². The Hall–Kier alpha value is -1.90. The molecule has 0 saturated carbocycles. The summed E-state index contributed by atoms with van der Waals surface area (Å²) < 4.78 is 7.15. The minimum Gasteiger partial charge on any atom is -0.464 e. The number of anilines is 1. The highest BCUT2D eigenvalue weighted by Crippen LogP contribution is 2.21. The summed E-state index contributed by atoms with van der Waals surface area (Å²) >= 11 is 2.16. The van der Waals surface area contributed by atoms with Crippen LogP contribution in [-0.4, -0.2) is 28.8 Å². The summed E-state index contributed by atoms with van der Waals surface area (Å²) in [4.78, 5) is 24.0. The van der Waals surface area contributed by atoms with Gasteiger partial charge < -0.3 is 10.1 Å². The van der Waals surface area contributed by atoms with E-state index in [4.69, 9.17) is 4.74 Å². The maximum atomic E-state index is 12.2. The first-order valence-electron chi connectivity index (χ1n) is 6.13. The van der Waals surface area contributed by atoms with Gasteiger partial charge in [-0.25, -0.2) is 4.79 Å². The molecular formula is C14H14IN3O3. The van der Waals surface area contributed by atoms with Gasteiger partial charge in [0, 0.05) is 16.2 Å². The van der Waals surface area contributed by atoms with Gasteiger partial charge in [0.25, 0.3) is 5.91 Å².